The van der Waals surface area contributed by atoms with Crippen LogP contribution in [0.4, 0.5) is 0 Å². The molecule has 0 bridgehead atoms. The van der Waals surface area contributed by atoms with Gasteiger partial charge in [-0.15, -0.1) is 0 Å². The standard InChI is InChI=1S/C25H26N4O2/c1-28(2)29-21-13-18(16-7-5-4-6-8-16)14-22(30)24(21)23(20(15-26)25(29)27)17-9-11-19(31-3)12-10-17/h4-12,18,23H,13-14,27H2,1-3H3/t18-,23-/m0/s1. The third-order valence-electron chi connectivity index (χ3n) is 6.06. The second-order valence-electron chi connectivity index (χ2n) is 8.08. The molecule has 2 atom stereocenters. The van der Waals surface area contributed by atoms with Gasteiger partial charge in [0, 0.05) is 31.8 Å². The summed E-state index contributed by atoms with van der Waals surface area (Å²) >= 11 is 0. The van der Waals surface area contributed by atoms with Crippen molar-refractivity contribution in [1.29, 1.82) is 5.26 Å². The molecule has 6 nitrogen and oxygen atoms in total. The highest BCUT2D eigenvalue weighted by Crippen LogP contribution is 2.48. The Labute approximate surface area is 182 Å². The predicted octanol–water partition coefficient (Wildman–Crippen LogP) is 3.67. The highest BCUT2D eigenvalue weighted by molar-refractivity contribution is 6.00. The van der Waals surface area contributed by atoms with E-state index in [1.165, 1.54) is 0 Å². The van der Waals surface area contributed by atoms with Crippen molar-refractivity contribution < 1.29 is 9.53 Å². The molecule has 1 heterocycles. The summed E-state index contributed by atoms with van der Waals surface area (Å²) in [7, 11) is 5.35. The number of rotatable bonds is 4. The van der Waals surface area contributed by atoms with Gasteiger partial charge in [0.25, 0.3) is 0 Å². The van der Waals surface area contributed by atoms with Crippen LogP contribution in [0.15, 0.2) is 77.3 Å². The summed E-state index contributed by atoms with van der Waals surface area (Å²) in [5, 5.41) is 13.7. The van der Waals surface area contributed by atoms with Crippen LogP contribution in [0.3, 0.4) is 0 Å². The number of methoxy groups -OCH3 is 1. The molecule has 2 aromatic rings. The van der Waals surface area contributed by atoms with Gasteiger partial charge in [-0.3, -0.25) is 9.80 Å². The van der Waals surface area contributed by atoms with E-state index in [2.05, 4.69) is 18.2 Å². The lowest BCUT2D eigenvalue weighted by Crippen LogP contribution is -2.46. The number of nitriles is 1. The number of hydrogen-bond acceptors (Lipinski definition) is 6. The first-order valence-corrected chi connectivity index (χ1v) is 10.3. The van der Waals surface area contributed by atoms with Gasteiger partial charge in [0.2, 0.25) is 0 Å². The normalized spacial score (nSPS) is 21.3. The fourth-order valence-electron chi connectivity index (χ4n) is 4.66. The zero-order valence-electron chi connectivity index (χ0n) is 18.0. The minimum Gasteiger partial charge on any atom is -0.497 e. The van der Waals surface area contributed by atoms with Gasteiger partial charge in [-0.25, -0.2) is 5.01 Å². The third-order valence-corrected chi connectivity index (χ3v) is 6.06. The number of ketones is 1. The Balaban J connectivity index is 1.87. The SMILES string of the molecule is COc1ccc([C@H]2C(C#N)=C(N)N(N(C)C)C3=C2C(=O)C[C@@H](c2ccccc2)C3)cc1. The van der Waals surface area contributed by atoms with Crippen molar-refractivity contribution in [2.24, 2.45) is 5.73 Å². The monoisotopic (exact) mass is 414 g/mol. The fourth-order valence-corrected chi connectivity index (χ4v) is 4.66. The molecule has 0 spiro atoms. The number of nitrogens with two attached hydrogens (primary N) is 1. The quantitative estimate of drug-likeness (QED) is 0.822. The van der Waals surface area contributed by atoms with E-state index < -0.39 is 5.92 Å². The summed E-state index contributed by atoms with van der Waals surface area (Å²) < 4.78 is 5.27. The number of hydrogen-bond donors (Lipinski definition) is 1. The first-order chi connectivity index (χ1) is 15.0. The lowest BCUT2D eigenvalue weighted by atomic mass is 9.72. The van der Waals surface area contributed by atoms with Gasteiger partial charge in [-0.05, 0) is 35.6 Å². The first-order valence-electron chi connectivity index (χ1n) is 10.3. The molecule has 0 fully saturated rings. The van der Waals surface area contributed by atoms with Crippen molar-refractivity contribution in [2.45, 2.75) is 24.7 Å². The zero-order valence-corrected chi connectivity index (χ0v) is 18.0. The van der Waals surface area contributed by atoms with Crippen LogP contribution in [-0.4, -0.2) is 37.0 Å². The van der Waals surface area contributed by atoms with Gasteiger partial charge < -0.3 is 10.5 Å². The third kappa shape index (κ3) is 3.58. The van der Waals surface area contributed by atoms with Crippen LogP contribution >= 0.6 is 0 Å². The summed E-state index contributed by atoms with van der Waals surface area (Å²) in [4.78, 5) is 13.6. The summed E-state index contributed by atoms with van der Waals surface area (Å²) in [6.45, 7) is 0. The molecule has 0 radical (unpaired) electrons. The van der Waals surface area contributed by atoms with E-state index in [1.807, 2.05) is 66.6 Å². The molecule has 0 saturated carbocycles. The van der Waals surface area contributed by atoms with E-state index in [4.69, 9.17) is 10.5 Å². The van der Waals surface area contributed by atoms with E-state index in [9.17, 15) is 10.1 Å². The number of Topliss-reactive ketones (excluding diaryl/α,β-unsaturated/α-hetero) is 1. The topological polar surface area (TPSA) is 82.6 Å². The fraction of sp³-hybridized carbons (Fsp3) is 0.280. The molecule has 4 rings (SSSR count). The number of allylic oxidation sites excluding steroid dienone is 3. The Morgan fingerprint density at radius 3 is 2.32 bits per heavy atom. The summed E-state index contributed by atoms with van der Waals surface area (Å²) in [5.41, 5.74) is 10.4. The number of carbonyl (C=O) groups excluding carboxylic acids is 1. The van der Waals surface area contributed by atoms with Gasteiger partial charge in [-0.2, -0.15) is 5.26 Å². The van der Waals surface area contributed by atoms with Crippen LogP contribution < -0.4 is 10.5 Å². The number of hydrazine groups is 1. The number of nitrogens with zero attached hydrogens (tertiary/aromatic N) is 3. The van der Waals surface area contributed by atoms with Crippen molar-refractivity contribution in [2.75, 3.05) is 21.2 Å². The Kier molecular flexibility index (Phi) is 5.53. The Morgan fingerprint density at radius 1 is 1.06 bits per heavy atom. The van der Waals surface area contributed by atoms with Crippen LogP contribution in [0.5, 0.6) is 5.75 Å². The number of benzene rings is 2. The molecule has 6 heteroatoms. The van der Waals surface area contributed by atoms with E-state index in [1.54, 1.807) is 7.11 Å². The smallest absolute Gasteiger partial charge is 0.162 e. The highest BCUT2D eigenvalue weighted by atomic mass is 16.5. The van der Waals surface area contributed by atoms with Gasteiger partial charge in [0.05, 0.1) is 24.7 Å². The average molecular weight is 415 g/mol. The molecule has 2 N–H and O–H groups in total. The van der Waals surface area contributed by atoms with Crippen LogP contribution in [-0.2, 0) is 4.79 Å². The van der Waals surface area contributed by atoms with Crippen molar-refractivity contribution in [3.8, 4) is 11.8 Å². The van der Waals surface area contributed by atoms with E-state index >= 15 is 0 Å². The maximum atomic E-state index is 13.6. The van der Waals surface area contributed by atoms with Crippen molar-refractivity contribution in [3.63, 3.8) is 0 Å². The molecule has 0 unspecified atom stereocenters. The highest BCUT2D eigenvalue weighted by Gasteiger charge is 2.43. The van der Waals surface area contributed by atoms with Crippen LogP contribution in [0, 0.1) is 11.3 Å². The minimum atomic E-state index is -0.480. The van der Waals surface area contributed by atoms with Gasteiger partial charge in [0.1, 0.15) is 11.6 Å². The van der Waals surface area contributed by atoms with Crippen molar-refractivity contribution in [3.05, 3.63) is 88.4 Å². The molecule has 1 aliphatic carbocycles. The van der Waals surface area contributed by atoms with Crippen LogP contribution in [0.2, 0.25) is 0 Å². The molecule has 2 aromatic carbocycles. The summed E-state index contributed by atoms with van der Waals surface area (Å²) in [6, 6.07) is 19.9. The maximum Gasteiger partial charge on any atom is 0.162 e. The van der Waals surface area contributed by atoms with Crippen molar-refractivity contribution >= 4 is 5.78 Å². The molecule has 2 aliphatic rings. The lowest BCUT2D eigenvalue weighted by molar-refractivity contribution is -0.117. The molecular weight excluding hydrogens is 388 g/mol. The maximum absolute atomic E-state index is 13.6. The van der Waals surface area contributed by atoms with Crippen LogP contribution in [0.25, 0.3) is 0 Å². The molecule has 31 heavy (non-hydrogen) atoms. The Hall–Kier alpha value is -3.56. The zero-order chi connectivity index (χ0) is 22.1. The predicted molar refractivity (Wildman–Crippen MR) is 119 cm³/mol. The minimum absolute atomic E-state index is 0.0584. The molecule has 158 valence electrons. The van der Waals surface area contributed by atoms with Gasteiger partial charge in [-0.1, -0.05) is 42.5 Å². The average Bonchev–Trinajstić information content (AvgIpc) is 2.78. The number of ether oxygens (including phenoxy) is 1. The lowest BCUT2D eigenvalue weighted by Gasteiger charge is -2.43. The van der Waals surface area contributed by atoms with Gasteiger partial charge >= 0.3 is 0 Å². The van der Waals surface area contributed by atoms with Gasteiger partial charge in [0.15, 0.2) is 5.78 Å². The molecular formula is C25H26N4O2. The largest absolute Gasteiger partial charge is 0.497 e. The first kappa shape index (κ1) is 20.7. The second-order valence-corrected chi connectivity index (χ2v) is 8.08. The molecule has 0 aromatic heterocycles. The number of carbonyl (C=O) groups is 1. The van der Waals surface area contributed by atoms with E-state index in [-0.39, 0.29) is 11.7 Å². The van der Waals surface area contributed by atoms with Crippen LogP contribution in [0.1, 0.15) is 35.8 Å². The molecule has 1 aliphatic heterocycles. The van der Waals surface area contributed by atoms with Crippen molar-refractivity contribution in [1.82, 2.24) is 10.0 Å². The van der Waals surface area contributed by atoms with E-state index in [0.29, 0.717) is 29.8 Å². The van der Waals surface area contributed by atoms with E-state index in [0.717, 1.165) is 22.6 Å². The Morgan fingerprint density at radius 2 is 1.74 bits per heavy atom. The Bertz CT molecular complexity index is 1090. The summed E-state index contributed by atoms with van der Waals surface area (Å²) in [5.74, 6) is 0.740. The molecule has 0 amide bonds. The summed E-state index contributed by atoms with van der Waals surface area (Å²) in [6.07, 6.45) is 1.09. The second kappa shape index (κ2) is 8.29. The molecule has 0 saturated heterocycles.